The Morgan fingerprint density at radius 1 is 0.534 bits per heavy atom. The normalized spacial score (nSPS) is 18.5. The maximum atomic E-state index is 7.69. The van der Waals surface area contributed by atoms with Gasteiger partial charge in [-0.1, -0.05) is 185 Å². The number of benzene rings is 7. The summed E-state index contributed by atoms with van der Waals surface area (Å²) in [5.74, 6) is 4.73. The molecule has 73 heavy (non-hydrogen) atoms. The van der Waals surface area contributed by atoms with Crippen molar-refractivity contribution in [1.82, 2.24) is 0 Å². The van der Waals surface area contributed by atoms with Crippen LogP contribution < -0.4 is 18.9 Å². The second kappa shape index (κ2) is 20.9. The Morgan fingerprint density at radius 3 is 1.73 bits per heavy atom. The van der Waals surface area contributed by atoms with E-state index in [4.69, 9.17) is 18.9 Å². The highest BCUT2D eigenvalue weighted by molar-refractivity contribution is 6.09. The van der Waals surface area contributed by atoms with E-state index in [0.717, 1.165) is 63.3 Å². The molecule has 0 amide bonds. The van der Waals surface area contributed by atoms with Gasteiger partial charge in [0.05, 0.1) is 20.8 Å². The predicted molar refractivity (Wildman–Crippen MR) is 306 cm³/mol. The van der Waals surface area contributed by atoms with Gasteiger partial charge in [-0.2, -0.15) is 0 Å². The maximum Gasteiger partial charge on any atom is 0.178 e. The molecule has 7 aromatic rings. The monoisotopic (exact) mass is 971 g/mol. The molecule has 0 N–H and O–H groups in total. The standard InChI is InChI=1S/C69H78O4/c1-10-15-20-46(13-4)44-68(45-47(14-5)21-16-11-2)61-23-19-18-22-55(61)56-35-24-49(42-63(56)68)48-25-36-58-62(41-48)67(6,7)65-59-38-39-69(50-26-30-52(70-8)31-27-50,51-28-32-53(33-29-51)72-40-17-12-3)73-66(59)57-37-34-54(71-9)43-60(57)64(58)65/h18-19,22-39,41-43,46-47H,10-17,20-21,40,44-45H2,1-9H3. The molecule has 0 saturated heterocycles. The number of hydrogen-bond donors (Lipinski definition) is 0. The number of rotatable bonds is 21. The van der Waals surface area contributed by atoms with Crippen molar-refractivity contribution < 1.29 is 18.9 Å². The summed E-state index contributed by atoms with van der Waals surface area (Å²) in [4.78, 5) is 0. The quantitative estimate of drug-likeness (QED) is 0.0673. The van der Waals surface area contributed by atoms with Crippen LogP contribution in [0, 0.1) is 11.8 Å². The molecule has 10 rings (SSSR count). The summed E-state index contributed by atoms with van der Waals surface area (Å²) < 4.78 is 25.5. The molecule has 378 valence electrons. The molecule has 0 fully saturated rings. The van der Waals surface area contributed by atoms with Gasteiger partial charge in [0.25, 0.3) is 0 Å². The zero-order valence-corrected chi connectivity index (χ0v) is 45.3. The summed E-state index contributed by atoms with van der Waals surface area (Å²) in [7, 11) is 3.47. The number of ether oxygens (including phenoxy) is 4. The van der Waals surface area contributed by atoms with E-state index < -0.39 is 5.60 Å². The molecule has 3 unspecified atom stereocenters. The number of fused-ring (bicyclic) bond motifs is 11. The van der Waals surface area contributed by atoms with E-state index in [0.29, 0.717) is 18.4 Å². The van der Waals surface area contributed by atoms with Crippen LogP contribution in [0.2, 0.25) is 0 Å². The molecule has 0 saturated carbocycles. The van der Waals surface area contributed by atoms with E-state index in [1.54, 1.807) is 25.3 Å². The van der Waals surface area contributed by atoms with Crippen LogP contribution in [0.4, 0.5) is 0 Å². The lowest BCUT2D eigenvalue weighted by molar-refractivity contribution is 0.163. The van der Waals surface area contributed by atoms with E-state index in [1.807, 2.05) is 12.1 Å². The van der Waals surface area contributed by atoms with Crippen LogP contribution in [-0.4, -0.2) is 20.8 Å². The molecule has 3 aliphatic rings. The molecule has 1 heterocycles. The van der Waals surface area contributed by atoms with Crippen LogP contribution in [0.25, 0.3) is 50.2 Å². The summed E-state index contributed by atoms with van der Waals surface area (Å²) in [5.41, 5.74) is 15.6. The van der Waals surface area contributed by atoms with Crippen molar-refractivity contribution in [3.05, 3.63) is 172 Å². The summed E-state index contributed by atoms with van der Waals surface area (Å²) in [5, 5.41) is 2.20. The fourth-order valence-electron chi connectivity index (χ4n) is 13.2. The summed E-state index contributed by atoms with van der Waals surface area (Å²) in [6.07, 6.45) is 19.3. The molecule has 0 aromatic heterocycles. The van der Waals surface area contributed by atoms with Crippen molar-refractivity contribution in [1.29, 1.82) is 0 Å². The van der Waals surface area contributed by atoms with Gasteiger partial charge in [0.15, 0.2) is 5.60 Å². The lowest BCUT2D eigenvalue weighted by Crippen LogP contribution is -2.35. The van der Waals surface area contributed by atoms with Gasteiger partial charge in [-0.15, -0.1) is 0 Å². The van der Waals surface area contributed by atoms with Gasteiger partial charge in [-0.05, 0) is 153 Å². The van der Waals surface area contributed by atoms with Crippen molar-refractivity contribution in [3.8, 4) is 56.4 Å². The Morgan fingerprint density at radius 2 is 1.11 bits per heavy atom. The Bertz CT molecular complexity index is 3100. The van der Waals surface area contributed by atoms with Gasteiger partial charge >= 0.3 is 0 Å². The number of methoxy groups -OCH3 is 2. The van der Waals surface area contributed by atoms with Gasteiger partial charge in [0.1, 0.15) is 23.0 Å². The van der Waals surface area contributed by atoms with Crippen LogP contribution >= 0.6 is 0 Å². The van der Waals surface area contributed by atoms with Crippen LogP contribution in [-0.2, 0) is 16.4 Å². The summed E-state index contributed by atoms with van der Waals surface area (Å²) in [6.45, 7) is 17.3. The van der Waals surface area contributed by atoms with Gasteiger partial charge < -0.3 is 18.9 Å². The molecule has 3 atom stereocenters. The maximum absolute atomic E-state index is 7.69. The Hall–Kier alpha value is -6.26. The largest absolute Gasteiger partial charge is 0.497 e. The van der Waals surface area contributed by atoms with E-state index in [-0.39, 0.29) is 10.8 Å². The zero-order valence-electron chi connectivity index (χ0n) is 45.3. The van der Waals surface area contributed by atoms with Crippen LogP contribution in [0.5, 0.6) is 23.0 Å². The van der Waals surface area contributed by atoms with E-state index in [1.165, 1.54) is 109 Å². The molecular formula is C69H78O4. The topological polar surface area (TPSA) is 36.9 Å². The van der Waals surface area contributed by atoms with Gasteiger partial charge in [-0.25, -0.2) is 0 Å². The minimum Gasteiger partial charge on any atom is -0.497 e. The van der Waals surface area contributed by atoms with Crippen LogP contribution in [0.1, 0.15) is 164 Å². The molecule has 7 aromatic carbocycles. The molecule has 0 radical (unpaired) electrons. The van der Waals surface area contributed by atoms with Crippen molar-refractivity contribution in [2.24, 2.45) is 11.8 Å². The third-order valence-corrected chi connectivity index (χ3v) is 17.4. The predicted octanol–water partition coefficient (Wildman–Crippen LogP) is 18.8. The molecule has 4 heteroatoms. The lowest BCUT2D eigenvalue weighted by atomic mass is 9.65. The average molecular weight is 971 g/mol. The highest BCUT2D eigenvalue weighted by Crippen LogP contribution is 2.60. The van der Waals surface area contributed by atoms with Crippen LogP contribution in [0.15, 0.2) is 133 Å². The number of unbranched alkanes of at least 4 members (excludes halogenated alkanes) is 3. The fraction of sp³-hybridized carbons (Fsp3) is 0.391. The van der Waals surface area contributed by atoms with Crippen LogP contribution in [0.3, 0.4) is 0 Å². The van der Waals surface area contributed by atoms with Crippen molar-refractivity contribution >= 4 is 16.8 Å². The average Bonchev–Trinajstić information content (AvgIpc) is 3.84. The first-order valence-electron chi connectivity index (χ1n) is 27.9. The molecule has 1 aliphatic heterocycles. The third kappa shape index (κ3) is 8.85. The molecule has 0 spiro atoms. The lowest BCUT2D eigenvalue weighted by Gasteiger charge is -2.39. The first kappa shape index (κ1) is 50.3. The minimum atomic E-state index is -0.923. The second-order valence-electron chi connectivity index (χ2n) is 22.0. The minimum absolute atomic E-state index is 0.0220. The van der Waals surface area contributed by atoms with E-state index in [9.17, 15) is 0 Å². The Kier molecular flexibility index (Phi) is 14.4. The molecule has 2 aliphatic carbocycles. The highest BCUT2D eigenvalue weighted by atomic mass is 16.5. The zero-order chi connectivity index (χ0) is 50.9. The Labute approximate surface area is 437 Å². The smallest absolute Gasteiger partial charge is 0.178 e. The first-order valence-corrected chi connectivity index (χ1v) is 27.9. The van der Waals surface area contributed by atoms with Gasteiger partial charge in [-0.3, -0.25) is 0 Å². The fourth-order valence-corrected chi connectivity index (χ4v) is 13.2. The summed E-state index contributed by atoms with van der Waals surface area (Å²) >= 11 is 0. The number of hydrogen-bond acceptors (Lipinski definition) is 4. The van der Waals surface area contributed by atoms with Crippen molar-refractivity contribution in [2.75, 3.05) is 20.8 Å². The van der Waals surface area contributed by atoms with E-state index in [2.05, 4.69) is 176 Å². The third-order valence-electron chi connectivity index (χ3n) is 17.4. The van der Waals surface area contributed by atoms with Gasteiger partial charge in [0.2, 0.25) is 0 Å². The van der Waals surface area contributed by atoms with Crippen molar-refractivity contribution in [3.63, 3.8) is 0 Å². The van der Waals surface area contributed by atoms with Gasteiger partial charge in [0, 0.05) is 32.9 Å². The Balaban J connectivity index is 1.11. The van der Waals surface area contributed by atoms with E-state index >= 15 is 0 Å². The molecule has 4 nitrogen and oxygen atoms in total. The van der Waals surface area contributed by atoms with Crippen molar-refractivity contribution in [2.45, 2.75) is 142 Å². The molecule has 0 bridgehead atoms. The second-order valence-corrected chi connectivity index (χ2v) is 22.0. The SMILES string of the molecule is CCCCOc1ccc(C2(c3ccc(OC)cc3)C=Cc3c4c(c5cc(OC)ccc5c3O2)-c2ccc(-c3ccc5c(c3)C(CC(CC)CCCC)(CC(CC)CCCC)c3ccccc3-5)cc2C4(C)C)cc1. The summed E-state index contributed by atoms with van der Waals surface area (Å²) in [6, 6.07) is 47.6. The highest BCUT2D eigenvalue weighted by Gasteiger charge is 2.47. The first-order chi connectivity index (χ1) is 35.6. The molecular weight excluding hydrogens is 893 g/mol.